The maximum absolute atomic E-state index is 13.1. The molecule has 0 saturated carbocycles. The first kappa shape index (κ1) is 17.8. The van der Waals surface area contributed by atoms with Crippen LogP contribution in [-0.4, -0.2) is 34.9 Å². The van der Waals surface area contributed by atoms with Gasteiger partial charge < -0.3 is 15.8 Å². The summed E-state index contributed by atoms with van der Waals surface area (Å²) in [5.74, 6) is 0.738. The molecule has 0 aromatic rings. The Bertz CT molecular complexity index is 363. The number of hydrogen-bond donors (Lipinski definition) is 2. The molecule has 0 aromatic carbocycles. The molecule has 0 bridgehead atoms. The number of carbonyl (C=O) groups excluding carboxylic acids is 1. The van der Waals surface area contributed by atoms with Gasteiger partial charge in [0.15, 0.2) is 5.84 Å². The van der Waals surface area contributed by atoms with Crippen molar-refractivity contribution >= 4 is 11.7 Å². The number of amides is 1. The lowest BCUT2D eigenvalue weighted by Crippen LogP contribution is -2.51. The first-order chi connectivity index (χ1) is 10.1. The normalized spacial score (nSPS) is 20.0. The summed E-state index contributed by atoms with van der Waals surface area (Å²) in [6, 6.07) is 0. The average Bonchev–Trinajstić information content (AvgIpc) is 2.94. The summed E-state index contributed by atoms with van der Waals surface area (Å²) in [6.07, 6.45) is 6.37. The van der Waals surface area contributed by atoms with Crippen LogP contribution >= 0.6 is 0 Å². The number of rotatable bonds is 8. The first-order valence-electron chi connectivity index (χ1n) is 8.33. The monoisotopic (exact) mass is 297 g/mol. The Morgan fingerprint density at radius 1 is 1.29 bits per heavy atom. The van der Waals surface area contributed by atoms with Crippen molar-refractivity contribution in [3.05, 3.63) is 0 Å². The van der Waals surface area contributed by atoms with E-state index in [2.05, 4.69) is 12.1 Å². The quantitative estimate of drug-likeness (QED) is 0.313. The average molecular weight is 297 g/mol. The third kappa shape index (κ3) is 3.89. The van der Waals surface area contributed by atoms with Crippen LogP contribution in [0.15, 0.2) is 5.16 Å². The van der Waals surface area contributed by atoms with Crippen LogP contribution < -0.4 is 5.73 Å². The predicted molar refractivity (Wildman–Crippen MR) is 85.3 cm³/mol. The smallest absolute Gasteiger partial charge is 0.236 e. The van der Waals surface area contributed by atoms with Crippen LogP contribution in [0.25, 0.3) is 0 Å². The highest BCUT2D eigenvalue weighted by molar-refractivity contribution is 6.06. The Hall–Kier alpha value is -1.26. The highest BCUT2D eigenvalue weighted by atomic mass is 16.4. The second-order valence-electron chi connectivity index (χ2n) is 6.26. The molecule has 3 N–H and O–H groups in total. The molecule has 1 atom stereocenters. The van der Waals surface area contributed by atoms with Gasteiger partial charge in [-0.05, 0) is 31.6 Å². The number of oxime groups is 1. The molecule has 1 unspecified atom stereocenters. The lowest BCUT2D eigenvalue weighted by atomic mass is 9.76. The maximum Gasteiger partial charge on any atom is 0.236 e. The standard InChI is InChI=1S/C16H31N3O2/c1-4-7-13-8-11-19(12-13)15(20)16(9-5-2,10-6-3)14(17)18-21/h13,21H,4-12H2,1-3H3,(H2,17,18). The summed E-state index contributed by atoms with van der Waals surface area (Å²) in [5.41, 5.74) is 5.12. The zero-order chi connectivity index (χ0) is 15.9. The van der Waals surface area contributed by atoms with Crippen LogP contribution in [0.1, 0.15) is 65.7 Å². The molecule has 1 heterocycles. The number of hydrogen-bond acceptors (Lipinski definition) is 3. The van der Waals surface area contributed by atoms with Crippen molar-refractivity contribution in [1.82, 2.24) is 4.90 Å². The minimum Gasteiger partial charge on any atom is -0.409 e. The molecule has 21 heavy (non-hydrogen) atoms. The van der Waals surface area contributed by atoms with Crippen molar-refractivity contribution in [2.45, 2.75) is 65.7 Å². The molecule has 1 rings (SSSR count). The van der Waals surface area contributed by atoms with E-state index in [1.54, 1.807) is 0 Å². The van der Waals surface area contributed by atoms with Crippen LogP contribution in [0.5, 0.6) is 0 Å². The van der Waals surface area contributed by atoms with Gasteiger partial charge in [0.2, 0.25) is 5.91 Å². The molecule has 5 nitrogen and oxygen atoms in total. The van der Waals surface area contributed by atoms with E-state index in [1.807, 2.05) is 18.7 Å². The van der Waals surface area contributed by atoms with E-state index in [9.17, 15) is 4.79 Å². The van der Waals surface area contributed by atoms with E-state index >= 15 is 0 Å². The number of nitrogens with zero attached hydrogens (tertiary/aromatic N) is 2. The molecule has 1 aliphatic rings. The zero-order valence-corrected chi connectivity index (χ0v) is 13.8. The molecule has 1 fully saturated rings. The maximum atomic E-state index is 13.1. The second-order valence-corrected chi connectivity index (χ2v) is 6.26. The highest BCUT2D eigenvalue weighted by Crippen LogP contribution is 2.35. The molecule has 122 valence electrons. The fourth-order valence-electron chi connectivity index (χ4n) is 3.62. The molecule has 0 aromatic heterocycles. The van der Waals surface area contributed by atoms with Crippen molar-refractivity contribution in [2.75, 3.05) is 13.1 Å². The van der Waals surface area contributed by atoms with Gasteiger partial charge >= 0.3 is 0 Å². The molecule has 0 spiro atoms. The zero-order valence-electron chi connectivity index (χ0n) is 13.8. The predicted octanol–water partition coefficient (Wildman–Crippen LogP) is 2.97. The van der Waals surface area contributed by atoms with Crippen molar-refractivity contribution in [2.24, 2.45) is 22.2 Å². The lowest BCUT2D eigenvalue weighted by molar-refractivity contribution is -0.138. The van der Waals surface area contributed by atoms with Crippen molar-refractivity contribution in [3.63, 3.8) is 0 Å². The van der Waals surface area contributed by atoms with Crippen LogP contribution in [0, 0.1) is 11.3 Å². The van der Waals surface area contributed by atoms with Gasteiger partial charge in [-0.3, -0.25) is 4.79 Å². The summed E-state index contributed by atoms with van der Waals surface area (Å²) in [6.45, 7) is 7.87. The fraction of sp³-hybridized carbons (Fsp3) is 0.875. The van der Waals surface area contributed by atoms with E-state index in [0.29, 0.717) is 18.8 Å². The summed E-state index contributed by atoms with van der Waals surface area (Å²) >= 11 is 0. The van der Waals surface area contributed by atoms with Gasteiger partial charge in [-0.2, -0.15) is 0 Å². The van der Waals surface area contributed by atoms with Crippen LogP contribution in [-0.2, 0) is 4.79 Å². The molecular formula is C16H31N3O2. The Morgan fingerprint density at radius 2 is 1.90 bits per heavy atom. The van der Waals surface area contributed by atoms with Crippen LogP contribution in [0.4, 0.5) is 0 Å². The van der Waals surface area contributed by atoms with Crippen LogP contribution in [0.3, 0.4) is 0 Å². The van der Waals surface area contributed by atoms with E-state index in [4.69, 9.17) is 10.9 Å². The van der Waals surface area contributed by atoms with Gasteiger partial charge in [-0.25, -0.2) is 0 Å². The third-order valence-corrected chi connectivity index (χ3v) is 4.63. The van der Waals surface area contributed by atoms with Gasteiger partial charge in [0.1, 0.15) is 5.41 Å². The Morgan fingerprint density at radius 3 is 2.38 bits per heavy atom. The molecule has 1 aliphatic heterocycles. The number of nitrogens with two attached hydrogens (primary N) is 1. The van der Waals surface area contributed by atoms with Crippen molar-refractivity contribution in [1.29, 1.82) is 0 Å². The molecular weight excluding hydrogens is 266 g/mol. The summed E-state index contributed by atoms with van der Waals surface area (Å²) in [7, 11) is 0. The number of likely N-dealkylation sites (tertiary alicyclic amines) is 1. The van der Waals surface area contributed by atoms with E-state index in [1.165, 1.54) is 6.42 Å². The third-order valence-electron chi connectivity index (χ3n) is 4.63. The minimum atomic E-state index is -0.820. The van der Waals surface area contributed by atoms with Gasteiger partial charge in [0.25, 0.3) is 0 Å². The lowest BCUT2D eigenvalue weighted by Gasteiger charge is -2.34. The molecule has 1 amide bonds. The summed E-state index contributed by atoms with van der Waals surface area (Å²) < 4.78 is 0. The molecule has 0 radical (unpaired) electrons. The van der Waals surface area contributed by atoms with Gasteiger partial charge in [0.05, 0.1) is 0 Å². The minimum absolute atomic E-state index is 0.0557. The van der Waals surface area contributed by atoms with E-state index < -0.39 is 5.41 Å². The van der Waals surface area contributed by atoms with Crippen LogP contribution in [0.2, 0.25) is 0 Å². The number of carbonyl (C=O) groups is 1. The Kier molecular flexibility index (Phi) is 6.99. The molecule has 0 aliphatic carbocycles. The summed E-state index contributed by atoms with van der Waals surface area (Å²) in [5, 5.41) is 12.3. The van der Waals surface area contributed by atoms with Crippen molar-refractivity contribution < 1.29 is 10.0 Å². The molecule has 5 heteroatoms. The van der Waals surface area contributed by atoms with Crippen molar-refractivity contribution in [3.8, 4) is 0 Å². The highest BCUT2D eigenvalue weighted by Gasteiger charge is 2.45. The van der Waals surface area contributed by atoms with E-state index in [-0.39, 0.29) is 11.7 Å². The fourth-order valence-corrected chi connectivity index (χ4v) is 3.62. The topological polar surface area (TPSA) is 78.9 Å². The largest absolute Gasteiger partial charge is 0.409 e. The summed E-state index contributed by atoms with van der Waals surface area (Å²) in [4.78, 5) is 15.0. The molecule has 1 saturated heterocycles. The first-order valence-corrected chi connectivity index (χ1v) is 8.33. The van der Waals surface area contributed by atoms with Gasteiger partial charge in [-0.15, -0.1) is 0 Å². The SMILES string of the molecule is CCCC1CCN(C(=O)C(CCC)(CCC)C(N)=NO)C1. The Labute approximate surface area is 128 Å². The second kappa shape index (κ2) is 8.25. The number of amidine groups is 1. The Balaban J connectivity index is 2.95. The van der Waals surface area contributed by atoms with E-state index in [0.717, 1.165) is 38.8 Å². The van der Waals surface area contributed by atoms with Gasteiger partial charge in [-0.1, -0.05) is 45.2 Å². The van der Waals surface area contributed by atoms with Gasteiger partial charge in [0, 0.05) is 13.1 Å².